The minimum absolute atomic E-state index is 0.00790. The first-order valence-electron chi connectivity index (χ1n) is 9.34. The minimum atomic E-state index is -0.463. The second kappa shape index (κ2) is 6.61. The molecule has 0 aliphatic carbocycles. The molecule has 0 bridgehead atoms. The zero-order valence-corrected chi connectivity index (χ0v) is 15.7. The molecule has 1 aliphatic heterocycles. The van der Waals surface area contributed by atoms with Gasteiger partial charge in [0.1, 0.15) is 17.4 Å². The SMILES string of the molecule is N#CC1=C(N)Oc2c(ccc3cc4ccccc4cc23)C1c1ccc([N+](=O)[O-])cc1. The summed E-state index contributed by atoms with van der Waals surface area (Å²) in [7, 11) is 0. The fourth-order valence-corrected chi connectivity index (χ4v) is 4.06. The molecule has 144 valence electrons. The number of nitro groups is 1. The molecule has 1 aliphatic rings. The van der Waals surface area contributed by atoms with Crippen molar-refractivity contribution in [1.29, 1.82) is 5.26 Å². The predicted octanol–water partition coefficient (Wildman–Crippen LogP) is 5.12. The van der Waals surface area contributed by atoms with Gasteiger partial charge in [-0.3, -0.25) is 10.1 Å². The lowest BCUT2D eigenvalue weighted by Crippen LogP contribution is -2.21. The number of benzene rings is 4. The van der Waals surface area contributed by atoms with Crippen LogP contribution in [0.2, 0.25) is 0 Å². The highest BCUT2D eigenvalue weighted by molar-refractivity contribution is 6.02. The predicted molar refractivity (Wildman–Crippen MR) is 114 cm³/mol. The third-order valence-electron chi connectivity index (χ3n) is 5.50. The highest BCUT2D eigenvalue weighted by Gasteiger charge is 2.32. The molecule has 1 atom stereocenters. The molecule has 1 unspecified atom stereocenters. The fourth-order valence-electron chi connectivity index (χ4n) is 4.06. The van der Waals surface area contributed by atoms with Gasteiger partial charge in [0.05, 0.1) is 10.8 Å². The van der Waals surface area contributed by atoms with E-state index in [1.54, 1.807) is 12.1 Å². The van der Waals surface area contributed by atoms with E-state index in [4.69, 9.17) is 10.5 Å². The number of fused-ring (bicyclic) bond motifs is 4. The Balaban J connectivity index is 1.76. The summed E-state index contributed by atoms with van der Waals surface area (Å²) in [6.07, 6.45) is 0. The molecule has 4 aromatic carbocycles. The summed E-state index contributed by atoms with van der Waals surface area (Å²) in [5.41, 5.74) is 7.96. The average Bonchev–Trinajstić information content (AvgIpc) is 2.77. The molecule has 6 nitrogen and oxygen atoms in total. The summed E-state index contributed by atoms with van der Waals surface area (Å²) >= 11 is 0. The maximum Gasteiger partial charge on any atom is 0.269 e. The Labute approximate surface area is 171 Å². The van der Waals surface area contributed by atoms with E-state index in [0.29, 0.717) is 5.75 Å². The van der Waals surface area contributed by atoms with E-state index in [-0.39, 0.29) is 17.1 Å². The number of nitro benzene ring substituents is 1. The first-order chi connectivity index (χ1) is 14.6. The van der Waals surface area contributed by atoms with Crippen molar-refractivity contribution in [3.8, 4) is 11.8 Å². The van der Waals surface area contributed by atoms with Gasteiger partial charge in [0.25, 0.3) is 5.69 Å². The van der Waals surface area contributed by atoms with Gasteiger partial charge >= 0.3 is 0 Å². The van der Waals surface area contributed by atoms with E-state index in [2.05, 4.69) is 24.3 Å². The lowest BCUT2D eigenvalue weighted by Gasteiger charge is -2.27. The van der Waals surface area contributed by atoms with Crippen molar-refractivity contribution in [2.75, 3.05) is 0 Å². The maximum atomic E-state index is 11.0. The van der Waals surface area contributed by atoms with Crippen LogP contribution in [0, 0.1) is 21.4 Å². The number of nitrogens with two attached hydrogens (primary N) is 1. The third kappa shape index (κ3) is 2.65. The minimum Gasteiger partial charge on any atom is -0.440 e. The summed E-state index contributed by atoms with van der Waals surface area (Å²) in [5.74, 6) is 0.197. The van der Waals surface area contributed by atoms with E-state index >= 15 is 0 Å². The largest absolute Gasteiger partial charge is 0.440 e. The highest BCUT2D eigenvalue weighted by atomic mass is 16.6. The highest BCUT2D eigenvalue weighted by Crippen LogP contribution is 2.46. The van der Waals surface area contributed by atoms with Crippen LogP contribution >= 0.6 is 0 Å². The van der Waals surface area contributed by atoms with Gasteiger partial charge in [-0.2, -0.15) is 5.26 Å². The molecule has 30 heavy (non-hydrogen) atoms. The summed E-state index contributed by atoms with van der Waals surface area (Å²) < 4.78 is 5.94. The van der Waals surface area contributed by atoms with E-state index in [1.165, 1.54) is 12.1 Å². The fraction of sp³-hybridized carbons (Fsp3) is 0.0417. The number of hydrogen-bond donors (Lipinski definition) is 1. The average molecular weight is 393 g/mol. The van der Waals surface area contributed by atoms with Crippen LogP contribution in [0.1, 0.15) is 17.0 Å². The van der Waals surface area contributed by atoms with E-state index in [9.17, 15) is 15.4 Å². The van der Waals surface area contributed by atoms with Crippen LogP contribution in [-0.2, 0) is 0 Å². The van der Waals surface area contributed by atoms with Crippen LogP contribution in [0.15, 0.2) is 84.3 Å². The molecule has 2 N–H and O–H groups in total. The topological polar surface area (TPSA) is 102 Å². The van der Waals surface area contributed by atoms with Crippen molar-refractivity contribution in [3.63, 3.8) is 0 Å². The molecule has 0 saturated heterocycles. The summed E-state index contributed by atoms with van der Waals surface area (Å²) in [6.45, 7) is 0. The number of hydrogen-bond acceptors (Lipinski definition) is 5. The van der Waals surface area contributed by atoms with Gasteiger partial charge in [-0.05, 0) is 33.9 Å². The normalized spacial score (nSPS) is 15.5. The van der Waals surface area contributed by atoms with Crippen molar-refractivity contribution < 1.29 is 9.66 Å². The number of rotatable bonds is 2. The van der Waals surface area contributed by atoms with Crippen molar-refractivity contribution in [2.24, 2.45) is 5.73 Å². The van der Waals surface area contributed by atoms with Gasteiger partial charge in [0.15, 0.2) is 0 Å². The second-order valence-corrected chi connectivity index (χ2v) is 7.18. The van der Waals surface area contributed by atoms with Gasteiger partial charge in [0, 0.05) is 23.1 Å². The van der Waals surface area contributed by atoms with E-state index in [1.807, 2.05) is 30.3 Å². The quantitative estimate of drug-likeness (QED) is 0.289. The Kier molecular flexibility index (Phi) is 3.90. The zero-order chi connectivity index (χ0) is 20.8. The molecule has 0 saturated carbocycles. The summed E-state index contributed by atoms with van der Waals surface area (Å²) in [5, 5.41) is 24.9. The number of non-ortho nitro benzene ring substituents is 1. The lowest BCUT2D eigenvalue weighted by atomic mass is 9.82. The molecular formula is C24H15N3O3. The van der Waals surface area contributed by atoms with Gasteiger partial charge in [-0.15, -0.1) is 0 Å². The Bertz CT molecular complexity index is 1420. The van der Waals surface area contributed by atoms with Crippen molar-refractivity contribution in [3.05, 3.63) is 105 Å². The first-order valence-corrected chi connectivity index (χ1v) is 9.34. The lowest BCUT2D eigenvalue weighted by molar-refractivity contribution is -0.384. The van der Waals surface area contributed by atoms with E-state index in [0.717, 1.165) is 32.7 Å². The smallest absolute Gasteiger partial charge is 0.269 e. The van der Waals surface area contributed by atoms with Crippen LogP contribution in [0.5, 0.6) is 5.75 Å². The standard InChI is InChI=1S/C24H15N3O3/c25-13-21-22(14-5-8-18(9-6-14)27(28)29)19-10-7-17-11-15-3-1-2-4-16(15)12-20(17)23(19)30-24(21)26/h1-12,22H,26H2. The molecule has 0 amide bonds. The second-order valence-electron chi connectivity index (χ2n) is 7.18. The monoisotopic (exact) mass is 393 g/mol. The van der Waals surface area contributed by atoms with Gasteiger partial charge in [-0.25, -0.2) is 0 Å². The number of nitriles is 1. The van der Waals surface area contributed by atoms with Crippen LogP contribution in [0.25, 0.3) is 21.5 Å². The number of nitrogens with zero attached hydrogens (tertiary/aromatic N) is 2. The molecule has 6 heteroatoms. The van der Waals surface area contributed by atoms with Crippen molar-refractivity contribution in [1.82, 2.24) is 0 Å². The summed E-state index contributed by atoms with van der Waals surface area (Å²) in [6, 6.07) is 24.5. The van der Waals surface area contributed by atoms with Crippen molar-refractivity contribution in [2.45, 2.75) is 5.92 Å². The van der Waals surface area contributed by atoms with Gasteiger partial charge < -0.3 is 10.5 Å². The molecule has 0 fully saturated rings. The number of allylic oxidation sites excluding steroid dienone is 1. The molecular weight excluding hydrogens is 378 g/mol. The molecule has 4 aromatic rings. The molecule has 0 radical (unpaired) electrons. The Morgan fingerprint density at radius 2 is 1.67 bits per heavy atom. The van der Waals surface area contributed by atoms with Crippen LogP contribution in [0.3, 0.4) is 0 Å². The van der Waals surface area contributed by atoms with Gasteiger partial charge in [0.2, 0.25) is 5.88 Å². The van der Waals surface area contributed by atoms with Crippen molar-refractivity contribution >= 4 is 27.2 Å². The third-order valence-corrected chi connectivity index (χ3v) is 5.50. The number of ether oxygens (including phenoxy) is 1. The van der Waals surface area contributed by atoms with Crippen LogP contribution in [0.4, 0.5) is 5.69 Å². The molecule has 5 rings (SSSR count). The Morgan fingerprint density at radius 3 is 2.33 bits per heavy atom. The van der Waals surface area contributed by atoms with E-state index < -0.39 is 10.8 Å². The van der Waals surface area contributed by atoms with Crippen LogP contribution < -0.4 is 10.5 Å². The molecule has 0 aromatic heterocycles. The van der Waals surface area contributed by atoms with Gasteiger partial charge in [-0.1, -0.05) is 48.5 Å². The zero-order valence-electron chi connectivity index (χ0n) is 15.7. The Morgan fingerprint density at radius 1 is 0.967 bits per heavy atom. The maximum absolute atomic E-state index is 11.0. The Hall–Kier alpha value is -4.37. The summed E-state index contributed by atoms with van der Waals surface area (Å²) in [4.78, 5) is 10.6. The molecule has 1 heterocycles. The first kappa shape index (κ1) is 17.7. The molecule has 0 spiro atoms. The van der Waals surface area contributed by atoms with Crippen LogP contribution in [-0.4, -0.2) is 4.92 Å².